The largest absolute Gasteiger partial charge is 0.495 e. The predicted octanol–water partition coefficient (Wildman–Crippen LogP) is 3.92. The molecule has 0 bridgehead atoms. The van der Waals surface area contributed by atoms with Crippen LogP contribution in [0.15, 0.2) is 48.5 Å². The number of ether oxygens (including phenoxy) is 1. The van der Waals surface area contributed by atoms with E-state index >= 15 is 0 Å². The zero-order chi connectivity index (χ0) is 20.2. The van der Waals surface area contributed by atoms with Crippen LogP contribution < -0.4 is 10.1 Å². The molecule has 4 rings (SSSR count). The number of amides is 1. The molecule has 1 aromatic heterocycles. The van der Waals surface area contributed by atoms with Gasteiger partial charge in [0.05, 0.1) is 36.3 Å². The molecular weight excluding hydrogens is 364 g/mol. The fraction of sp³-hybridized carbons (Fsp3) is 0.391. The van der Waals surface area contributed by atoms with E-state index in [1.807, 2.05) is 30.3 Å². The SMILES string of the molecule is CCn1c(CN2CCC[C@@H](C(=O)Nc3ccccc3OC)C2)nc2ccccc21. The number of hydrogen-bond acceptors (Lipinski definition) is 4. The van der Waals surface area contributed by atoms with Crippen LogP contribution in [0, 0.1) is 5.92 Å². The van der Waals surface area contributed by atoms with E-state index < -0.39 is 0 Å². The minimum atomic E-state index is -0.0342. The molecule has 6 heteroatoms. The Balaban J connectivity index is 1.45. The van der Waals surface area contributed by atoms with Gasteiger partial charge in [-0.05, 0) is 50.6 Å². The average Bonchev–Trinajstić information content (AvgIpc) is 3.11. The number of carbonyl (C=O) groups is 1. The van der Waals surface area contributed by atoms with Crippen LogP contribution in [-0.2, 0) is 17.9 Å². The first-order valence-electron chi connectivity index (χ1n) is 10.3. The molecule has 6 nitrogen and oxygen atoms in total. The maximum absolute atomic E-state index is 12.9. The van der Waals surface area contributed by atoms with Gasteiger partial charge in [-0.15, -0.1) is 0 Å². The zero-order valence-corrected chi connectivity index (χ0v) is 17.1. The highest BCUT2D eigenvalue weighted by molar-refractivity contribution is 5.94. The van der Waals surface area contributed by atoms with Crippen LogP contribution in [-0.4, -0.2) is 40.6 Å². The predicted molar refractivity (Wildman–Crippen MR) is 115 cm³/mol. The van der Waals surface area contributed by atoms with Crippen LogP contribution in [0.4, 0.5) is 5.69 Å². The molecule has 1 atom stereocenters. The van der Waals surface area contributed by atoms with Crippen molar-refractivity contribution in [1.82, 2.24) is 14.5 Å². The van der Waals surface area contributed by atoms with Gasteiger partial charge >= 0.3 is 0 Å². The lowest BCUT2D eigenvalue weighted by atomic mass is 9.97. The number of aromatic nitrogens is 2. The molecule has 1 saturated heterocycles. The fourth-order valence-electron chi connectivity index (χ4n) is 4.19. The number of nitrogens with one attached hydrogen (secondary N) is 1. The van der Waals surface area contributed by atoms with E-state index in [1.165, 1.54) is 5.52 Å². The first kappa shape index (κ1) is 19.5. The Bertz CT molecular complexity index is 997. The number of fused-ring (bicyclic) bond motifs is 1. The quantitative estimate of drug-likeness (QED) is 0.691. The molecule has 0 unspecified atom stereocenters. The van der Waals surface area contributed by atoms with Crippen molar-refractivity contribution in [3.8, 4) is 5.75 Å². The van der Waals surface area contributed by atoms with E-state index in [9.17, 15) is 4.79 Å². The number of benzene rings is 2. The smallest absolute Gasteiger partial charge is 0.228 e. The molecule has 0 aliphatic carbocycles. The molecule has 0 radical (unpaired) electrons. The molecule has 0 saturated carbocycles. The minimum absolute atomic E-state index is 0.0342. The van der Waals surface area contributed by atoms with Gasteiger partial charge in [-0.2, -0.15) is 0 Å². The topological polar surface area (TPSA) is 59.4 Å². The molecule has 29 heavy (non-hydrogen) atoms. The number of hydrogen-bond donors (Lipinski definition) is 1. The van der Waals surface area contributed by atoms with Crippen LogP contribution in [0.5, 0.6) is 5.75 Å². The third-order valence-corrected chi connectivity index (χ3v) is 5.66. The summed E-state index contributed by atoms with van der Waals surface area (Å²) in [5.41, 5.74) is 2.93. The standard InChI is InChI=1S/C23H28N4O2/c1-3-27-20-12-6-4-10-18(20)24-22(27)16-26-14-8-9-17(15-26)23(28)25-19-11-5-7-13-21(19)29-2/h4-7,10-13,17H,3,8-9,14-16H2,1-2H3,(H,25,28)/t17-/m1/s1. The fourth-order valence-corrected chi connectivity index (χ4v) is 4.19. The number of methoxy groups -OCH3 is 1. The van der Waals surface area contributed by atoms with Gasteiger partial charge < -0.3 is 14.6 Å². The Morgan fingerprint density at radius 3 is 2.83 bits per heavy atom. The summed E-state index contributed by atoms with van der Waals surface area (Å²) in [6, 6.07) is 15.8. The molecule has 1 fully saturated rings. The summed E-state index contributed by atoms with van der Waals surface area (Å²) in [6.07, 6.45) is 1.91. The van der Waals surface area contributed by atoms with E-state index in [1.54, 1.807) is 7.11 Å². The van der Waals surface area contributed by atoms with Crippen molar-refractivity contribution in [1.29, 1.82) is 0 Å². The summed E-state index contributed by atoms with van der Waals surface area (Å²) in [6.45, 7) is 5.54. The van der Waals surface area contributed by atoms with E-state index in [0.717, 1.165) is 56.0 Å². The van der Waals surface area contributed by atoms with Crippen molar-refractivity contribution in [2.24, 2.45) is 5.92 Å². The first-order valence-corrected chi connectivity index (χ1v) is 10.3. The third kappa shape index (κ3) is 4.12. The molecule has 1 aliphatic heterocycles. The summed E-state index contributed by atoms with van der Waals surface area (Å²) < 4.78 is 7.62. The summed E-state index contributed by atoms with van der Waals surface area (Å²) in [4.78, 5) is 20.1. The number of rotatable bonds is 6. The molecular formula is C23H28N4O2. The molecule has 0 spiro atoms. The second-order valence-electron chi connectivity index (χ2n) is 7.52. The third-order valence-electron chi connectivity index (χ3n) is 5.66. The summed E-state index contributed by atoms with van der Waals surface area (Å²) >= 11 is 0. The van der Waals surface area contributed by atoms with Crippen molar-refractivity contribution < 1.29 is 9.53 Å². The number of imidazole rings is 1. The van der Waals surface area contributed by atoms with Gasteiger partial charge in [0.15, 0.2) is 0 Å². The highest BCUT2D eigenvalue weighted by Crippen LogP contribution is 2.26. The summed E-state index contributed by atoms with van der Waals surface area (Å²) in [7, 11) is 1.62. The molecule has 1 amide bonds. The van der Waals surface area contributed by atoms with Crippen LogP contribution in [0.3, 0.4) is 0 Å². The van der Waals surface area contributed by atoms with Crippen LogP contribution >= 0.6 is 0 Å². The summed E-state index contributed by atoms with van der Waals surface area (Å²) in [5, 5.41) is 3.05. The lowest BCUT2D eigenvalue weighted by Crippen LogP contribution is -2.40. The maximum Gasteiger partial charge on any atom is 0.228 e. The second kappa shape index (κ2) is 8.66. The van der Waals surface area contributed by atoms with Gasteiger partial charge in [0.25, 0.3) is 0 Å². The number of para-hydroxylation sites is 4. The van der Waals surface area contributed by atoms with Gasteiger partial charge in [0.1, 0.15) is 11.6 Å². The van der Waals surface area contributed by atoms with Gasteiger partial charge in [-0.3, -0.25) is 9.69 Å². The lowest BCUT2D eigenvalue weighted by molar-refractivity contribution is -0.121. The minimum Gasteiger partial charge on any atom is -0.495 e. The van der Waals surface area contributed by atoms with Gasteiger partial charge in [-0.1, -0.05) is 24.3 Å². The first-order chi connectivity index (χ1) is 14.2. The monoisotopic (exact) mass is 392 g/mol. The highest BCUT2D eigenvalue weighted by Gasteiger charge is 2.27. The van der Waals surface area contributed by atoms with Gasteiger partial charge in [0.2, 0.25) is 5.91 Å². The van der Waals surface area contributed by atoms with Gasteiger partial charge in [-0.25, -0.2) is 4.98 Å². The van der Waals surface area contributed by atoms with Crippen molar-refractivity contribution >= 4 is 22.6 Å². The van der Waals surface area contributed by atoms with Crippen LogP contribution in [0.25, 0.3) is 11.0 Å². The Labute approximate surface area is 171 Å². The Kier molecular flexibility index (Phi) is 5.81. The van der Waals surface area contributed by atoms with Crippen molar-refractivity contribution in [2.75, 3.05) is 25.5 Å². The average molecular weight is 393 g/mol. The van der Waals surface area contributed by atoms with Crippen LogP contribution in [0.1, 0.15) is 25.6 Å². The number of carbonyl (C=O) groups excluding carboxylic acids is 1. The highest BCUT2D eigenvalue weighted by atomic mass is 16.5. The van der Waals surface area contributed by atoms with E-state index in [4.69, 9.17) is 9.72 Å². The van der Waals surface area contributed by atoms with E-state index in [2.05, 4.69) is 39.9 Å². The van der Waals surface area contributed by atoms with Crippen molar-refractivity contribution in [2.45, 2.75) is 32.9 Å². The van der Waals surface area contributed by atoms with Crippen molar-refractivity contribution in [3.05, 3.63) is 54.4 Å². The van der Waals surface area contributed by atoms with Crippen LogP contribution in [0.2, 0.25) is 0 Å². The van der Waals surface area contributed by atoms with Crippen molar-refractivity contribution in [3.63, 3.8) is 0 Å². The number of nitrogens with zero attached hydrogens (tertiary/aromatic N) is 3. The van der Waals surface area contributed by atoms with E-state index in [0.29, 0.717) is 5.75 Å². The molecule has 1 N–H and O–H groups in total. The number of anilines is 1. The summed E-state index contributed by atoms with van der Waals surface area (Å²) in [5.74, 6) is 1.78. The lowest BCUT2D eigenvalue weighted by Gasteiger charge is -2.31. The Morgan fingerprint density at radius 1 is 1.21 bits per heavy atom. The molecule has 1 aliphatic rings. The maximum atomic E-state index is 12.9. The zero-order valence-electron chi connectivity index (χ0n) is 17.1. The number of piperidine rings is 1. The molecule has 3 aromatic rings. The molecule has 152 valence electrons. The number of aryl methyl sites for hydroxylation is 1. The van der Waals surface area contributed by atoms with E-state index in [-0.39, 0.29) is 11.8 Å². The number of likely N-dealkylation sites (tertiary alicyclic amines) is 1. The Hall–Kier alpha value is -2.86. The normalized spacial score (nSPS) is 17.4. The molecule has 2 heterocycles. The molecule has 2 aromatic carbocycles. The van der Waals surface area contributed by atoms with Gasteiger partial charge in [0, 0.05) is 13.1 Å². The second-order valence-corrected chi connectivity index (χ2v) is 7.52. The Morgan fingerprint density at radius 2 is 2.00 bits per heavy atom.